The molecule has 0 radical (unpaired) electrons. The number of hydrogen-bond acceptors (Lipinski definition) is 2. The minimum Gasteiger partial charge on any atom is -0.509 e. The van der Waals surface area contributed by atoms with Gasteiger partial charge in [0.15, 0.2) is 0 Å². The van der Waals surface area contributed by atoms with Crippen molar-refractivity contribution in [2.45, 2.75) is 25.3 Å². The van der Waals surface area contributed by atoms with Gasteiger partial charge in [-0.1, -0.05) is 23.2 Å². The molecule has 2 N–H and O–H groups in total. The number of carbonyl (C=O) groups excluding carboxylic acids is 1. The quantitative estimate of drug-likeness (QED) is 0.877. The van der Waals surface area contributed by atoms with E-state index >= 15 is 0 Å². The van der Waals surface area contributed by atoms with Crippen molar-refractivity contribution in [1.82, 2.24) is 5.32 Å². The Labute approximate surface area is 121 Å². The first-order chi connectivity index (χ1) is 8.93. The van der Waals surface area contributed by atoms with Gasteiger partial charge < -0.3 is 10.4 Å². The number of benzene rings is 1. The Kier molecular flexibility index (Phi) is 2.80. The largest absolute Gasteiger partial charge is 0.509 e. The standard InChI is InChI=1S/C14H13Cl2NO2/c1-14(7-2-3-7)12(18)11(13(19)17-14)9-6-8(15)4-5-10(9)16/h4-7,18H,2-3H2,1H3,(H,17,19). The second kappa shape index (κ2) is 4.15. The summed E-state index contributed by atoms with van der Waals surface area (Å²) in [6.45, 7) is 1.85. The van der Waals surface area contributed by atoms with Crippen molar-refractivity contribution in [3.05, 3.63) is 39.6 Å². The predicted octanol–water partition coefficient (Wildman–Crippen LogP) is 3.56. The molecule has 5 heteroatoms. The molecule has 1 aromatic rings. The van der Waals surface area contributed by atoms with Crippen molar-refractivity contribution < 1.29 is 9.90 Å². The number of aliphatic hydroxyl groups is 1. The highest BCUT2D eigenvalue weighted by Crippen LogP contribution is 2.48. The minimum atomic E-state index is -0.669. The summed E-state index contributed by atoms with van der Waals surface area (Å²) in [5, 5.41) is 14.2. The van der Waals surface area contributed by atoms with Crippen molar-refractivity contribution in [3.63, 3.8) is 0 Å². The molecule has 1 fully saturated rings. The maximum absolute atomic E-state index is 12.2. The average Bonchev–Trinajstić information content (AvgIpc) is 3.14. The number of halogens is 2. The lowest BCUT2D eigenvalue weighted by Crippen LogP contribution is -2.43. The summed E-state index contributed by atoms with van der Waals surface area (Å²) in [7, 11) is 0. The van der Waals surface area contributed by atoms with Gasteiger partial charge in [0.05, 0.1) is 11.1 Å². The van der Waals surface area contributed by atoms with Crippen LogP contribution >= 0.6 is 23.2 Å². The van der Waals surface area contributed by atoms with Crippen LogP contribution in [0.15, 0.2) is 24.0 Å². The molecule has 1 atom stereocenters. The summed E-state index contributed by atoms with van der Waals surface area (Å²) >= 11 is 12.1. The topological polar surface area (TPSA) is 49.3 Å². The van der Waals surface area contributed by atoms with Crippen molar-refractivity contribution >= 4 is 34.7 Å². The molecule has 1 amide bonds. The molecular weight excluding hydrogens is 285 g/mol. The van der Waals surface area contributed by atoms with Crippen LogP contribution in [0.4, 0.5) is 0 Å². The van der Waals surface area contributed by atoms with Gasteiger partial charge in [-0.15, -0.1) is 0 Å². The Hall–Kier alpha value is -1.19. The van der Waals surface area contributed by atoms with Crippen molar-refractivity contribution in [3.8, 4) is 0 Å². The summed E-state index contributed by atoms with van der Waals surface area (Å²) in [4.78, 5) is 12.2. The molecule has 1 aliphatic heterocycles. The van der Waals surface area contributed by atoms with E-state index in [1.54, 1.807) is 18.2 Å². The predicted molar refractivity (Wildman–Crippen MR) is 75.3 cm³/mol. The van der Waals surface area contributed by atoms with Crippen LogP contribution < -0.4 is 5.32 Å². The number of hydrogen-bond donors (Lipinski definition) is 2. The zero-order valence-electron chi connectivity index (χ0n) is 10.3. The first-order valence-corrected chi connectivity index (χ1v) is 6.90. The van der Waals surface area contributed by atoms with Crippen molar-refractivity contribution in [1.29, 1.82) is 0 Å². The SMILES string of the molecule is CC1(C2CC2)NC(=O)C(c2cc(Cl)ccc2Cl)=C1O. The zero-order valence-corrected chi connectivity index (χ0v) is 11.8. The monoisotopic (exact) mass is 297 g/mol. The van der Waals surface area contributed by atoms with Crippen LogP contribution in [-0.4, -0.2) is 16.6 Å². The van der Waals surface area contributed by atoms with Crippen LogP contribution in [-0.2, 0) is 4.79 Å². The number of amides is 1. The summed E-state index contributed by atoms with van der Waals surface area (Å²) in [6.07, 6.45) is 2.02. The summed E-state index contributed by atoms with van der Waals surface area (Å²) in [5.74, 6) is 0.0761. The molecule has 2 aliphatic rings. The number of rotatable bonds is 2. The van der Waals surface area contributed by atoms with Crippen LogP contribution in [0.1, 0.15) is 25.3 Å². The number of carbonyl (C=O) groups is 1. The van der Waals surface area contributed by atoms with E-state index in [1.165, 1.54) is 0 Å². The molecule has 0 saturated heterocycles. The van der Waals surface area contributed by atoms with Gasteiger partial charge in [-0.3, -0.25) is 4.79 Å². The van der Waals surface area contributed by atoms with E-state index in [4.69, 9.17) is 23.2 Å². The van der Waals surface area contributed by atoms with Gasteiger partial charge >= 0.3 is 0 Å². The van der Waals surface area contributed by atoms with E-state index in [9.17, 15) is 9.90 Å². The van der Waals surface area contributed by atoms with Crippen LogP contribution in [0.25, 0.3) is 5.57 Å². The fraction of sp³-hybridized carbons (Fsp3) is 0.357. The molecule has 0 spiro atoms. The molecule has 1 aromatic carbocycles. The summed E-state index contributed by atoms with van der Waals surface area (Å²) in [5.41, 5.74) is 0.0494. The second-order valence-electron chi connectivity index (χ2n) is 5.28. The van der Waals surface area contributed by atoms with E-state index in [0.717, 1.165) is 12.8 Å². The highest BCUT2D eigenvalue weighted by molar-refractivity contribution is 6.37. The van der Waals surface area contributed by atoms with Gasteiger partial charge in [0, 0.05) is 15.6 Å². The summed E-state index contributed by atoms with van der Waals surface area (Å²) < 4.78 is 0. The van der Waals surface area contributed by atoms with Gasteiger partial charge in [0.25, 0.3) is 5.91 Å². The van der Waals surface area contributed by atoms with Crippen LogP contribution in [0.3, 0.4) is 0 Å². The van der Waals surface area contributed by atoms with E-state index < -0.39 is 5.54 Å². The highest BCUT2D eigenvalue weighted by Gasteiger charge is 2.52. The van der Waals surface area contributed by atoms with Crippen LogP contribution in [0.5, 0.6) is 0 Å². The van der Waals surface area contributed by atoms with Crippen LogP contribution in [0.2, 0.25) is 10.0 Å². The smallest absolute Gasteiger partial charge is 0.256 e. The lowest BCUT2D eigenvalue weighted by atomic mass is 9.93. The van der Waals surface area contributed by atoms with Gasteiger partial charge in [-0.05, 0) is 43.9 Å². The Morgan fingerprint density at radius 2 is 2.05 bits per heavy atom. The first-order valence-electron chi connectivity index (χ1n) is 6.15. The number of aliphatic hydroxyl groups excluding tert-OH is 1. The molecule has 19 heavy (non-hydrogen) atoms. The van der Waals surface area contributed by atoms with Gasteiger partial charge in [-0.25, -0.2) is 0 Å². The zero-order chi connectivity index (χ0) is 13.8. The third kappa shape index (κ3) is 1.92. The van der Waals surface area contributed by atoms with E-state index in [1.807, 2.05) is 6.92 Å². The Balaban J connectivity index is 2.15. The maximum Gasteiger partial charge on any atom is 0.256 e. The van der Waals surface area contributed by atoms with E-state index in [2.05, 4.69) is 5.32 Å². The van der Waals surface area contributed by atoms with E-state index in [0.29, 0.717) is 21.5 Å². The molecule has 1 aliphatic carbocycles. The molecule has 1 saturated carbocycles. The van der Waals surface area contributed by atoms with Crippen molar-refractivity contribution in [2.24, 2.45) is 5.92 Å². The van der Waals surface area contributed by atoms with Gasteiger partial charge in [0.2, 0.25) is 0 Å². The lowest BCUT2D eigenvalue weighted by molar-refractivity contribution is -0.116. The first kappa shape index (κ1) is 12.8. The van der Waals surface area contributed by atoms with Gasteiger partial charge in [0.1, 0.15) is 5.76 Å². The third-order valence-corrected chi connectivity index (χ3v) is 4.49. The Morgan fingerprint density at radius 1 is 1.37 bits per heavy atom. The molecule has 3 rings (SSSR count). The maximum atomic E-state index is 12.2. The highest BCUT2D eigenvalue weighted by atomic mass is 35.5. The van der Waals surface area contributed by atoms with Crippen LogP contribution in [0, 0.1) is 5.92 Å². The molecular formula is C14H13Cl2NO2. The van der Waals surface area contributed by atoms with E-state index in [-0.39, 0.29) is 17.2 Å². The molecule has 0 bridgehead atoms. The lowest BCUT2D eigenvalue weighted by Gasteiger charge is -2.24. The molecule has 0 aromatic heterocycles. The Morgan fingerprint density at radius 3 is 2.68 bits per heavy atom. The third-order valence-electron chi connectivity index (χ3n) is 3.92. The second-order valence-corrected chi connectivity index (χ2v) is 6.12. The normalized spacial score (nSPS) is 26.8. The van der Waals surface area contributed by atoms with Gasteiger partial charge in [-0.2, -0.15) is 0 Å². The Bertz CT molecular complexity index is 607. The average molecular weight is 298 g/mol. The summed E-state index contributed by atoms with van der Waals surface area (Å²) in [6, 6.07) is 4.88. The minimum absolute atomic E-state index is 0.0733. The van der Waals surface area contributed by atoms with Crippen molar-refractivity contribution in [2.75, 3.05) is 0 Å². The molecule has 1 unspecified atom stereocenters. The number of nitrogens with one attached hydrogen (secondary N) is 1. The molecule has 1 heterocycles. The molecule has 100 valence electrons. The molecule has 3 nitrogen and oxygen atoms in total. The fourth-order valence-corrected chi connectivity index (χ4v) is 3.00. The fourth-order valence-electron chi connectivity index (χ4n) is 2.62.